The third kappa shape index (κ3) is 4.06. The maximum atomic E-state index is 9.06. The lowest BCUT2D eigenvalue weighted by Gasteiger charge is -2.23. The summed E-state index contributed by atoms with van der Waals surface area (Å²) in [6.07, 6.45) is 0.136. The second-order valence-electron chi connectivity index (χ2n) is 6.93. The minimum atomic E-state index is 0.136. The molecule has 4 rings (SSSR count). The van der Waals surface area contributed by atoms with E-state index in [1.165, 1.54) is 5.56 Å². The summed E-state index contributed by atoms with van der Waals surface area (Å²) in [5.41, 5.74) is 4.85. The molecule has 6 nitrogen and oxygen atoms in total. The van der Waals surface area contributed by atoms with Crippen molar-refractivity contribution < 1.29 is 4.74 Å². The zero-order valence-electron chi connectivity index (χ0n) is 15.9. The number of ether oxygens (including phenoxy) is 1. The van der Waals surface area contributed by atoms with Crippen LogP contribution in [0.15, 0.2) is 54.6 Å². The quantitative estimate of drug-likeness (QED) is 0.719. The van der Waals surface area contributed by atoms with Gasteiger partial charge < -0.3 is 15.4 Å². The van der Waals surface area contributed by atoms with Crippen molar-refractivity contribution in [3.8, 4) is 23.0 Å². The molecule has 1 fully saturated rings. The average molecular weight is 373 g/mol. The van der Waals surface area contributed by atoms with Crippen molar-refractivity contribution in [2.75, 3.05) is 31.6 Å². The lowest BCUT2D eigenvalue weighted by molar-refractivity contribution is 0.0372. The molecule has 0 spiro atoms. The molecule has 1 atom stereocenters. The van der Waals surface area contributed by atoms with Crippen LogP contribution in [0.25, 0.3) is 16.9 Å². The number of nitrogens with one attached hydrogen (secondary N) is 2. The number of rotatable bonds is 5. The summed E-state index contributed by atoms with van der Waals surface area (Å²) >= 11 is 0. The molecule has 2 aromatic carbocycles. The van der Waals surface area contributed by atoms with Gasteiger partial charge in [-0.15, -0.1) is 5.10 Å². The zero-order valence-corrected chi connectivity index (χ0v) is 15.9. The fourth-order valence-electron chi connectivity index (χ4n) is 3.24. The predicted octanol–water partition coefficient (Wildman–Crippen LogP) is 3.12. The summed E-state index contributed by atoms with van der Waals surface area (Å²) in [4.78, 5) is 0. The van der Waals surface area contributed by atoms with E-state index in [1.807, 2.05) is 28.9 Å². The Morgan fingerprint density at radius 3 is 2.68 bits per heavy atom. The van der Waals surface area contributed by atoms with Crippen LogP contribution in [0.1, 0.15) is 11.1 Å². The van der Waals surface area contributed by atoms with Crippen LogP contribution >= 0.6 is 0 Å². The molecule has 1 saturated heterocycles. The highest BCUT2D eigenvalue weighted by atomic mass is 16.5. The third-order valence-corrected chi connectivity index (χ3v) is 4.81. The van der Waals surface area contributed by atoms with Gasteiger partial charge in [-0.2, -0.15) is 5.26 Å². The molecule has 6 heteroatoms. The SMILES string of the molecule is Cc1ccc(-c2cc(NC[C@@H]3CNCCO3)nn2-c2ccc(C#N)cc2)cc1. The lowest BCUT2D eigenvalue weighted by atomic mass is 10.1. The number of hydrogen-bond donors (Lipinski definition) is 2. The van der Waals surface area contributed by atoms with E-state index < -0.39 is 0 Å². The maximum absolute atomic E-state index is 9.06. The minimum absolute atomic E-state index is 0.136. The lowest BCUT2D eigenvalue weighted by Crippen LogP contribution is -2.42. The number of benzene rings is 2. The zero-order chi connectivity index (χ0) is 19.3. The van der Waals surface area contributed by atoms with E-state index in [9.17, 15) is 0 Å². The van der Waals surface area contributed by atoms with Crippen LogP contribution in [-0.2, 0) is 4.74 Å². The van der Waals surface area contributed by atoms with Gasteiger partial charge in [0.05, 0.1) is 35.7 Å². The first-order valence-electron chi connectivity index (χ1n) is 9.47. The summed E-state index contributed by atoms with van der Waals surface area (Å²) in [7, 11) is 0. The van der Waals surface area contributed by atoms with E-state index >= 15 is 0 Å². The van der Waals surface area contributed by atoms with Gasteiger partial charge in [0.25, 0.3) is 0 Å². The Morgan fingerprint density at radius 1 is 1.21 bits per heavy atom. The third-order valence-electron chi connectivity index (χ3n) is 4.81. The smallest absolute Gasteiger partial charge is 0.149 e. The molecule has 0 saturated carbocycles. The molecule has 28 heavy (non-hydrogen) atoms. The van der Waals surface area contributed by atoms with Crippen LogP contribution < -0.4 is 10.6 Å². The van der Waals surface area contributed by atoms with E-state index in [0.717, 1.165) is 42.5 Å². The highest BCUT2D eigenvalue weighted by Crippen LogP contribution is 2.26. The molecule has 2 N–H and O–H groups in total. The number of hydrogen-bond acceptors (Lipinski definition) is 5. The van der Waals surface area contributed by atoms with Crippen molar-refractivity contribution in [2.45, 2.75) is 13.0 Å². The fourth-order valence-corrected chi connectivity index (χ4v) is 3.24. The number of aryl methyl sites for hydroxylation is 1. The molecular weight excluding hydrogens is 350 g/mol. The van der Waals surface area contributed by atoms with Gasteiger partial charge in [-0.3, -0.25) is 0 Å². The Bertz CT molecular complexity index is 964. The molecule has 0 bridgehead atoms. The van der Waals surface area contributed by atoms with Gasteiger partial charge in [-0.25, -0.2) is 4.68 Å². The maximum Gasteiger partial charge on any atom is 0.149 e. The number of aromatic nitrogens is 2. The van der Waals surface area contributed by atoms with Crippen LogP contribution in [-0.4, -0.2) is 42.1 Å². The standard InChI is InChI=1S/C22H23N5O/c1-16-2-6-18(7-3-16)21-12-22(25-15-20-14-24-10-11-28-20)26-27(21)19-8-4-17(13-23)5-9-19/h2-9,12,20,24H,10-11,14-15H2,1H3,(H,25,26)/t20-/m0/s1. The van der Waals surface area contributed by atoms with Gasteiger partial charge in [0.15, 0.2) is 0 Å². The van der Waals surface area contributed by atoms with Gasteiger partial charge >= 0.3 is 0 Å². The van der Waals surface area contributed by atoms with Crippen molar-refractivity contribution in [2.24, 2.45) is 0 Å². The molecule has 1 aliphatic heterocycles. The number of anilines is 1. The van der Waals surface area contributed by atoms with Crippen LogP contribution in [0.3, 0.4) is 0 Å². The largest absolute Gasteiger partial charge is 0.374 e. The summed E-state index contributed by atoms with van der Waals surface area (Å²) in [6.45, 7) is 5.26. The van der Waals surface area contributed by atoms with Gasteiger partial charge in [-0.1, -0.05) is 29.8 Å². The number of nitriles is 1. The molecule has 2 heterocycles. The van der Waals surface area contributed by atoms with E-state index in [-0.39, 0.29) is 6.10 Å². The van der Waals surface area contributed by atoms with E-state index in [4.69, 9.17) is 15.1 Å². The summed E-state index contributed by atoms with van der Waals surface area (Å²) in [6, 6.07) is 20.1. The molecule has 1 aliphatic rings. The van der Waals surface area contributed by atoms with Gasteiger partial charge in [0, 0.05) is 31.3 Å². The molecular formula is C22H23N5O. The van der Waals surface area contributed by atoms with Crippen molar-refractivity contribution in [1.82, 2.24) is 15.1 Å². The first-order valence-corrected chi connectivity index (χ1v) is 9.47. The Labute approximate surface area is 164 Å². The van der Waals surface area contributed by atoms with Crippen LogP contribution in [0.2, 0.25) is 0 Å². The van der Waals surface area contributed by atoms with Gasteiger partial charge in [0.2, 0.25) is 0 Å². The monoisotopic (exact) mass is 373 g/mol. The van der Waals surface area contributed by atoms with Crippen molar-refractivity contribution in [3.05, 3.63) is 65.7 Å². The molecule has 1 aromatic heterocycles. The molecule has 0 unspecified atom stereocenters. The van der Waals surface area contributed by atoms with E-state index in [0.29, 0.717) is 12.1 Å². The van der Waals surface area contributed by atoms with Crippen molar-refractivity contribution in [1.29, 1.82) is 5.26 Å². The van der Waals surface area contributed by atoms with E-state index in [2.05, 4.69) is 54.0 Å². The normalized spacial score (nSPS) is 16.5. The van der Waals surface area contributed by atoms with Crippen molar-refractivity contribution >= 4 is 5.82 Å². The predicted molar refractivity (Wildman–Crippen MR) is 110 cm³/mol. The Morgan fingerprint density at radius 2 is 2.00 bits per heavy atom. The number of nitrogens with zero attached hydrogens (tertiary/aromatic N) is 3. The van der Waals surface area contributed by atoms with Crippen LogP contribution in [0.4, 0.5) is 5.82 Å². The average Bonchev–Trinajstić information content (AvgIpc) is 3.18. The first kappa shape index (κ1) is 18.2. The van der Waals surface area contributed by atoms with Crippen LogP contribution in [0, 0.1) is 18.3 Å². The Hall–Kier alpha value is -3.14. The van der Waals surface area contributed by atoms with Gasteiger partial charge in [-0.05, 0) is 31.2 Å². The van der Waals surface area contributed by atoms with Gasteiger partial charge in [0.1, 0.15) is 5.82 Å². The molecule has 3 aromatic rings. The Kier molecular flexibility index (Phi) is 5.38. The summed E-state index contributed by atoms with van der Waals surface area (Å²) < 4.78 is 7.67. The minimum Gasteiger partial charge on any atom is -0.374 e. The van der Waals surface area contributed by atoms with Crippen molar-refractivity contribution in [3.63, 3.8) is 0 Å². The molecule has 142 valence electrons. The summed E-state index contributed by atoms with van der Waals surface area (Å²) in [5.74, 6) is 0.800. The molecule has 0 radical (unpaired) electrons. The van der Waals surface area contributed by atoms with E-state index in [1.54, 1.807) is 0 Å². The molecule has 0 amide bonds. The fraction of sp³-hybridized carbons (Fsp3) is 0.273. The van der Waals surface area contributed by atoms with Crippen LogP contribution in [0.5, 0.6) is 0 Å². The Balaban J connectivity index is 1.64. The first-order chi connectivity index (χ1) is 13.7. The highest BCUT2D eigenvalue weighted by Gasteiger charge is 2.16. The second-order valence-corrected chi connectivity index (χ2v) is 6.93. The molecule has 0 aliphatic carbocycles. The second kappa shape index (κ2) is 8.26. The highest BCUT2D eigenvalue weighted by molar-refractivity contribution is 5.66. The summed E-state index contributed by atoms with van der Waals surface area (Å²) in [5, 5.41) is 20.6. The topological polar surface area (TPSA) is 74.9 Å². The number of morpholine rings is 1.